The van der Waals surface area contributed by atoms with Crippen LogP contribution in [0.2, 0.25) is 5.02 Å². The molecule has 118 valence electrons. The SMILES string of the molecule is CCCNC1CCN(c2ccc(OC)c(Cl)c2)C(C)C1C. The maximum Gasteiger partial charge on any atom is 0.137 e. The van der Waals surface area contributed by atoms with Crippen molar-refractivity contribution in [2.75, 3.05) is 25.1 Å². The third-order valence-corrected chi connectivity index (χ3v) is 4.99. The minimum atomic E-state index is 0.498. The molecular weight excluding hydrogens is 284 g/mol. The average Bonchev–Trinajstić information content (AvgIpc) is 2.49. The topological polar surface area (TPSA) is 24.5 Å². The molecule has 1 N–H and O–H groups in total. The molecule has 4 heteroatoms. The van der Waals surface area contributed by atoms with Crippen LogP contribution in [0.3, 0.4) is 0 Å². The van der Waals surface area contributed by atoms with Crippen LogP contribution in [0, 0.1) is 5.92 Å². The molecule has 3 atom stereocenters. The van der Waals surface area contributed by atoms with Gasteiger partial charge in [-0.2, -0.15) is 0 Å². The van der Waals surface area contributed by atoms with Crippen molar-refractivity contribution in [1.82, 2.24) is 5.32 Å². The van der Waals surface area contributed by atoms with E-state index in [1.54, 1.807) is 7.11 Å². The minimum Gasteiger partial charge on any atom is -0.495 e. The van der Waals surface area contributed by atoms with Gasteiger partial charge in [0.25, 0.3) is 0 Å². The number of benzene rings is 1. The summed E-state index contributed by atoms with van der Waals surface area (Å²) in [7, 11) is 1.65. The molecule has 1 aromatic rings. The molecule has 0 saturated carbocycles. The fourth-order valence-electron chi connectivity index (χ4n) is 3.18. The first-order valence-corrected chi connectivity index (χ1v) is 8.29. The summed E-state index contributed by atoms with van der Waals surface area (Å²) in [6, 6.07) is 7.19. The van der Waals surface area contributed by atoms with Gasteiger partial charge in [0, 0.05) is 24.3 Å². The highest BCUT2D eigenvalue weighted by atomic mass is 35.5. The Kier molecular flexibility index (Phi) is 5.77. The molecule has 1 aliphatic rings. The Hall–Kier alpha value is -0.930. The average molecular weight is 311 g/mol. The van der Waals surface area contributed by atoms with Crippen molar-refractivity contribution in [3.63, 3.8) is 0 Å². The largest absolute Gasteiger partial charge is 0.495 e. The van der Waals surface area contributed by atoms with Crippen molar-refractivity contribution in [1.29, 1.82) is 0 Å². The van der Waals surface area contributed by atoms with Crippen molar-refractivity contribution in [2.45, 2.75) is 45.7 Å². The Bertz CT molecular complexity index is 466. The van der Waals surface area contributed by atoms with Crippen molar-refractivity contribution >= 4 is 17.3 Å². The lowest BCUT2D eigenvalue weighted by Crippen LogP contribution is -2.53. The van der Waals surface area contributed by atoms with Gasteiger partial charge in [0.05, 0.1) is 12.1 Å². The number of methoxy groups -OCH3 is 1. The van der Waals surface area contributed by atoms with Crippen molar-refractivity contribution in [3.8, 4) is 5.75 Å². The van der Waals surface area contributed by atoms with Crippen LogP contribution < -0.4 is 15.0 Å². The predicted molar refractivity (Wildman–Crippen MR) is 90.7 cm³/mol. The minimum absolute atomic E-state index is 0.498. The molecule has 1 fully saturated rings. The summed E-state index contributed by atoms with van der Waals surface area (Å²) >= 11 is 6.27. The maximum atomic E-state index is 6.27. The van der Waals surface area contributed by atoms with Gasteiger partial charge >= 0.3 is 0 Å². The molecule has 0 spiro atoms. The van der Waals surface area contributed by atoms with E-state index in [1.165, 1.54) is 18.5 Å². The van der Waals surface area contributed by atoms with Gasteiger partial charge in [-0.3, -0.25) is 0 Å². The number of piperidine rings is 1. The van der Waals surface area contributed by atoms with Crippen LogP contribution in [-0.2, 0) is 0 Å². The summed E-state index contributed by atoms with van der Waals surface area (Å²) in [5.41, 5.74) is 1.19. The normalized spacial score (nSPS) is 26.0. The first-order valence-electron chi connectivity index (χ1n) is 7.92. The molecule has 3 unspecified atom stereocenters. The lowest BCUT2D eigenvalue weighted by Gasteiger charge is -2.44. The number of nitrogens with zero attached hydrogens (tertiary/aromatic N) is 1. The monoisotopic (exact) mass is 310 g/mol. The van der Waals surface area contributed by atoms with E-state index in [0.29, 0.717) is 23.0 Å². The fraction of sp³-hybridized carbons (Fsp3) is 0.647. The van der Waals surface area contributed by atoms with Crippen LogP contribution in [0.5, 0.6) is 5.75 Å². The number of rotatable bonds is 5. The number of ether oxygens (including phenoxy) is 1. The van der Waals surface area contributed by atoms with E-state index in [0.717, 1.165) is 18.8 Å². The third-order valence-electron chi connectivity index (χ3n) is 4.69. The summed E-state index contributed by atoms with van der Waals surface area (Å²) in [5, 5.41) is 4.36. The number of hydrogen-bond acceptors (Lipinski definition) is 3. The molecule has 21 heavy (non-hydrogen) atoms. The molecule has 0 radical (unpaired) electrons. The van der Waals surface area contributed by atoms with Gasteiger partial charge in [-0.25, -0.2) is 0 Å². The van der Waals surface area contributed by atoms with Crippen LogP contribution in [-0.4, -0.2) is 32.3 Å². The number of anilines is 1. The van der Waals surface area contributed by atoms with E-state index in [1.807, 2.05) is 12.1 Å². The van der Waals surface area contributed by atoms with Crippen LogP contribution >= 0.6 is 11.6 Å². The van der Waals surface area contributed by atoms with Gasteiger partial charge in [-0.05, 0) is 50.4 Å². The smallest absolute Gasteiger partial charge is 0.137 e. The van der Waals surface area contributed by atoms with E-state index < -0.39 is 0 Å². The number of nitrogens with one attached hydrogen (secondary N) is 1. The Morgan fingerprint density at radius 3 is 2.76 bits per heavy atom. The second kappa shape index (κ2) is 7.37. The zero-order valence-electron chi connectivity index (χ0n) is 13.5. The van der Waals surface area contributed by atoms with E-state index in [2.05, 4.69) is 37.1 Å². The van der Waals surface area contributed by atoms with E-state index >= 15 is 0 Å². The molecule has 2 rings (SSSR count). The molecule has 1 aliphatic heterocycles. The van der Waals surface area contributed by atoms with Gasteiger partial charge < -0.3 is 15.0 Å². The molecule has 0 aromatic heterocycles. The van der Waals surface area contributed by atoms with Crippen LogP contribution in [0.1, 0.15) is 33.6 Å². The second-order valence-corrected chi connectivity index (χ2v) is 6.37. The lowest BCUT2D eigenvalue weighted by molar-refractivity contribution is 0.271. The third kappa shape index (κ3) is 3.64. The summed E-state index contributed by atoms with van der Waals surface area (Å²) in [6.45, 7) is 9.04. The van der Waals surface area contributed by atoms with Crippen LogP contribution in [0.15, 0.2) is 18.2 Å². The van der Waals surface area contributed by atoms with Crippen LogP contribution in [0.4, 0.5) is 5.69 Å². The zero-order valence-corrected chi connectivity index (χ0v) is 14.3. The fourth-order valence-corrected chi connectivity index (χ4v) is 3.43. The Morgan fingerprint density at radius 2 is 2.14 bits per heavy atom. The standard InChI is InChI=1S/C17H27ClN2O/c1-5-9-19-16-8-10-20(13(3)12(16)2)14-6-7-17(21-4)15(18)11-14/h6-7,11-13,16,19H,5,8-10H2,1-4H3. The Labute approximate surface area is 133 Å². The van der Waals surface area contributed by atoms with Gasteiger partial charge in [0.15, 0.2) is 0 Å². The van der Waals surface area contributed by atoms with Crippen LogP contribution in [0.25, 0.3) is 0 Å². The van der Waals surface area contributed by atoms with E-state index in [4.69, 9.17) is 16.3 Å². The summed E-state index contributed by atoms with van der Waals surface area (Å²) in [6.07, 6.45) is 2.37. The highest BCUT2D eigenvalue weighted by molar-refractivity contribution is 6.32. The predicted octanol–water partition coefficient (Wildman–Crippen LogP) is 3.95. The van der Waals surface area contributed by atoms with Gasteiger partial charge in [0.2, 0.25) is 0 Å². The van der Waals surface area contributed by atoms with E-state index in [-0.39, 0.29) is 0 Å². The van der Waals surface area contributed by atoms with Crippen molar-refractivity contribution in [3.05, 3.63) is 23.2 Å². The summed E-state index contributed by atoms with van der Waals surface area (Å²) < 4.78 is 5.24. The molecule has 3 nitrogen and oxygen atoms in total. The highest BCUT2D eigenvalue weighted by Crippen LogP contribution is 2.33. The lowest BCUT2D eigenvalue weighted by atomic mass is 9.86. The molecule has 0 amide bonds. The molecule has 0 aliphatic carbocycles. The van der Waals surface area contributed by atoms with Gasteiger partial charge in [-0.1, -0.05) is 25.4 Å². The molecular formula is C17H27ClN2O. The first kappa shape index (κ1) is 16.4. The Morgan fingerprint density at radius 1 is 1.38 bits per heavy atom. The zero-order chi connectivity index (χ0) is 15.4. The summed E-state index contributed by atoms with van der Waals surface area (Å²) in [4.78, 5) is 2.46. The molecule has 1 saturated heterocycles. The van der Waals surface area contributed by atoms with E-state index in [9.17, 15) is 0 Å². The van der Waals surface area contributed by atoms with Crippen molar-refractivity contribution < 1.29 is 4.74 Å². The quantitative estimate of drug-likeness (QED) is 0.891. The van der Waals surface area contributed by atoms with Gasteiger partial charge in [0.1, 0.15) is 5.75 Å². The summed E-state index contributed by atoms with van der Waals surface area (Å²) in [5.74, 6) is 1.35. The number of halogens is 1. The molecule has 1 aromatic carbocycles. The second-order valence-electron chi connectivity index (χ2n) is 5.96. The van der Waals surface area contributed by atoms with Gasteiger partial charge in [-0.15, -0.1) is 0 Å². The highest BCUT2D eigenvalue weighted by Gasteiger charge is 2.32. The molecule has 1 heterocycles. The Balaban J connectivity index is 2.10. The first-order chi connectivity index (χ1) is 10.1. The van der Waals surface area contributed by atoms with Crippen molar-refractivity contribution in [2.24, 2.45) is 5.92 Å². The maximum absolute atomic E-state index is 6.27. The molecule has 0 bridgehead atoms. The number of hydrogen-bond donors (Lipinski definition) is 1.